The quantitative estimate of drug-likeness (QED) is 0.663. The van der Waals surface area contributed by atoms with Gasteiger partial charge in [0, 0.05) is 6.04 Å². The summed E-state index contributed by atoms with van der Waals surface area (Å²) in [6.45, 7) is 1.63. The summed E-state index contributed by atoms with van der Waals surface area (Å²) in [7, 11) is 0. The summed E-state index contributed by atoms with van der Waals surface area (Å²) < 4.78 is 0. The van der Waals surface area contributed by atoms with Crippen molar-refractivity contribution in [3.8, 4) is 0 Å². The van der Waals surface area contributed by atoms with Gasteiger partial charge in [0.1, 0.15) is 11.9 Å². The molecule has 2 amide bonds. The number of anilines is 1. The Labute approximate surface area is 104 Å². The predicted molar refractivity (Wildman–Crippen MR) is 64.5 cm³/mol. The van der Waals surface area contributed by atoms with Gasteiger partial charge in [0.05, 0.1) is 0 Å². The van der Waals surface area contributed by atoms with E-state index >= 15 is 0 Å². The van der Waals surface area contributed by atoms with Gasteiger partial charge in [-0.1, -0.05) is 0 Å². The minimum atomic E-state index is -0.600. The molecule has 0 radical (unpaired) electrons. The number of nitrogens with two attached hydrogens (primary N) is 1. The van der Waals surface area contributed by atoms with Crippen LogP contribution in [0.5, 0.6) is 0 Å². The van der Waals surface area contributed by atoms with E-state index in [0.29, 0.717) is 0 Å². The molecule has 1 atom stereocenters. The third-order valence-corrected chi connectivity index (χ3v) is 2.58. The van der Waals surface area contributed by atoms with Gasteiger partial charge >= 0.3 is 0 Å². The Hall–Kier alpha value is -2.18. The van der Waals surface area contributed by atoms with Crippen LogP contribution in [0.4, 0.5) is 5.82 Å². The average Bonchev–Trinajstić information content (AvgIpc) is 3.13. The summed E-state index contributed by atoms with van der Waals surface area (Å²) in [5.41, 5.74) is 5.50. The fourth-order valence-corrected chi connectivity index (χ4v) is 1.35. The monoisotopic (exact) mass is 249 g/mol. The lowest BCUT2D eigenvalue weighted by molar-refractivity contribution is -0.122. The first-order chi connectivity index (χ1) is 8.56. The smallest absolute Gasteiger partial charge is 0.272 e. The molecule has 0 saturated heterocycles. The van der Waals surface area contributed by atoms with Crippen LogP contribution in [0.3, 0.4) is 0 Å². The van der Waals surface area contributed by atoms with Gasteiger partial charge in [-0.05, 0) is 31.9 Å². The van der Waals surface area contributed by atoms with Crippen LogP contribution in [0.25, 0.3) is 0 Å². The number of hydrogen-bond acceptors (Lipinski definition) is 5. The third kappa shape index (κ3) is 3.16. The van der Waals surface area contributed by atoms with Crippen molar-refractivity contribution in [3.05, 3.63) is 17.8 Å². The van der Waals surface area contributed by atoms with Crippen molar-refractivity contribution in [2.24, 2.45) is 0 Å². The van der Waals surface area contributed by atoms with Gasteiger partial charge in [0.2, 0.25) is 5.91 Å². The van der Waals surface area contributed by atoms with Crippen LogP contribution < -0.4 is 16.4 Å². The van der Waals surface area contributed by atoms with Gasteiger partial charge in [0.15, 0.2) is 5.69 Å². The number of nitrogens with one attached hydrogen (secondary N) is 2. The Morgan fingerprint density at radius 1 is 1.39 bits per heavy atom. The molecule has 1 heterocycles. The molecular formula is C11H15N5O2. The molecule has 0 bridgehead atoms. The molecule has 4 N–H and O–H groups in total. The Balaban J connectivity index is 1.89. The fourth-order valence-electron chi connectivity index (χ4n) is 1.35. The van der Waals surface area contributed by atoms with Gasteiger partial charge in [-0.3, -0.25) is 9.59 Å². The topological polar surface area (TPSA) is 110 Å². The number of amides is 2. The van der Waals surface area contributed by atoms with E-state index in [1.807, 2.05) is 0 Å². The van der Waals surface area contributed by atoms with Crippen LogP contribution in [0.1, 0.15) is 30.3 Å². The number of hydrogen-bond donors (Lipinski definition) is 3. The van der Waals surface area contributed by atoms with Crippen molar-refractivity contribution in [1.82, 2.24) is 20.8 Å². The molecule has 18 heavy (non-hydrogen) atoms. The summed E-state index contributed by atoms with van der Waals surface area (Å²) in [6.07, 6.45) is 2.02. The summed E-state index contributed by atoms with van der Waals surface area (Å²) >= 11 is 0. The molecule has 1 fully saturated rings. The molecule has 1 aliphatic carbocycles. The molecule has 1 aromatic heterocycles. The van der Waals surface area contributed by atoms with Crippen molar-refractivity contribution in [3.63, 3.8) is 0 Å². The van der Waals surface area contributed by atoms with Gasteiger partial charge in [-0.25, -0.2) is 0 Å². The molecule has 7 nitrogen and oxygen atoms in total. The molecule has 1 saturated carbocycles. The standard InChI is InChI=1S/C11H15N5O2/c1-6(10(17)14-7-2-3-7)13-11(18)8-4-5-9(12)16-15-8/h4-7H,2-3H2,1H3,(H2,12,16)(H,13,18)(H,14,17). The predicted octanol–water partition coefficient (Wildman–Crippen LogP) is -0.544. The van der Waals surface area contributed by atoms with E-state index in [1.54, 1.807) is 6.92 Å². The van der Waals surface area contributed by atoms with Crippen LogP contribution in [0.2, 0.25) is 0 Å². The minimum Gasteiger partial charge on any atom is -0.382 e. The van der Waals surface area contributed by atoms with E-state index in [-0.39, 0.29) is 23.5 Å². The fraction of sp³-hybridized carbons (Fsp3) is 0.455. The molecule has 96 valence electrons. The molecule has 1 unspecified atom stereocenters. The summed E-state index contributed by atoms with van der Waals surface area (Å²) in [6, 6.07) is 2.62. The Morgan fingerprint density at radius 3 is 2.67 bits per heavy atom. The van der Waals surface area contributed by atoms with Crippen molar-refractivity contribution >= 4 is 17.6 Å². The molecule has 2 rings (SSSR count). The maximum Gasteiger partial charge on any atom is 0.272 e. The van der Waals surface area contributed by atoms with Crippen molar-refractivity contribution in [1.29, 1.82) is 0 Å². The zero-order valence-corrected chi connectivity index (χ0v) is 10.0. The van der Waals surface area contributed by atoms with Crippen molar-refractivity contribution < 1.29 is 9.59 Å². The van der Waals surface area contributed by atoms with E-state index in [9.17, 15) is 9.59 Å². The van der Waals surface area contributed by atoms with E-state index < -0.39 is 11.9 Å². The molecular weight excluding hydrogens is 234 g/mol. The second kappa shape index (κ2) is 4.99. The SMILES string of the molecule is CC(NC(=O)c1ccc(N)nn1)C(=O)NC1CC1. The Kier molecular flexibility index (Phi) is 3.40. The van der Waals surface area contributed by atoms with E-state index in [2.05, 4.69) is 20.8 Å². The highest BCUT2D eigenvalue weighted by atomic mass is 16.2. The van der Waals surface area contributed by atoms with Crippen molar-refractivity contribution in [2.45, 2.75) is 31.8 Å². The first-order valence-electron chi connectivity index (χ1n) is 5.76. The number of carbonyl (C=O) groups excluding carboxylic acids is 2. The summed E-state index contributed by atoms with van der Waals surface area (Å²) in [4.78, 5) is 23.4. The summed E-state index contributed by atoms with van der Waals surface area (Å²) in [5.74, 6) is -0.388. The maximum absolute atomic E-state index is 11.7. The second-order valence-electron chi connectivity index (χ2n) is 4.32. The largest absolute Gasteiger partial charge is 0.382 e. The molecule has 1 aromatic rings. The van der Waals surface area contributed by atoms with Gasteiger partial charge < -0.3 is 16.4 Å². The first kappa shape index (κ1) is 12.3. The second-order valence-corrected chi connectivity index (χ2v) is 4.32. The van der Waals surface area contributed by atoms with E-state index in [0.717, 1.165) is 12.8 Å². The third-order valence-electron chi connectivity index (χ3n) is 2.58. The van der Waals surface area contributed by atoms with Crippen LogP contribution in [-0.2, 0) is 4.79 Å². The first-order valence-corrected chi connectivity index (χ1v) is 5.76. The van der Waals surface area contributed by atoms with Crippen molar-refractivity contribution in [2.75, 3.05) is 5.73 Å². The van der Waals surface area contributed by atoms with Crippen LogP contribution in [-0.4, -0.2) is 34.1 Å². The lowest BCUT2D eigenvalue weighted by Gasteiger charge is -2.13. The number of nitrogen functional groups attached to an aromatic ring is 1. The molecule has 0 aliphatic heterocycles. The van der Waals surface area contributed by atoms with Crippen LogP contribution >= 0.6 is 0 Å². The minimum absolute atomic E-state index is 0.135. The van der Waals surface area contributed by atoms with Crippen LogP contribution in [0, 0.1) is 0 Å². The number of aromatic nitrogens is 2. The van der Waals surface area contributed by atoms with Crippen LogP contribution in [0.15, 0.2) is 12.1 Å². The lowest BCUT2D eigenvalue weighted by Crippen LogP contribution is -2.45. The highest BCUT2D eigenvalue weighted by Crippen LogP contribution is 2.18. The molecule has 0 aromatic carbocycles. The zero-order chi connectivity index (χ0) is 13.1. The van der Waals surface area contributed by atoms with Gasteiger partial charge in [-0.15, -0.1) is 10.2 Å². The number of carbonyl (C=O) groups is 2. The van der Waals surface area contributed by atoms with E-state index in [4.69, 9.17) is 5.73 Å². The summed E-state index contributed by atoms with van der Waals surface area (Å²) in [5, 5.41) is 12.6. The highest BCUT2D eigenvalue weighted by molar-refractivity contribution is 5.95. The molecule has 0 spiro atoms. The Morgan fingerprint density at radius 2 is 2.11 bits per heavy atom. The number of rotatable bonds is 4. The normalized spacial score (nSPS) is 15.8. The number of nitrogens with zero attached hydrogens (tertiary/aromatic N) is 2. The van der Waals surface area contributed by atoms with Gasteiger partial charge in [-0.2, -0.15) is 0 Å². The average molecular weight is 249 g/mol. The lowest BCUT2D eigenvalue weighted by atomic mass is 10.3. The van der Waals surface area contributed by atoms with E-state index in [1.165, 1.54) is 12.1 Å². The maximum atomic E-state index is 11.7. The zero-order valence-electron chi connectivity index (χ0n) is 10.0. The molecule has 7 heteroatoms. The highest BCUT2D eigenvalue weighted by Gasteiger charge is 2.26. The Bertz CT molecular complexity index is 455. The molecule has 1 aliphatic rings. The van der Waals surface area contributed by atoms with Gasteiger partial charge in [0.25, 0.3) is 5.91 Å².